The summed E-state index contributed by atoms with van der Waals surface area (Å²) in [4.78, 5) is 11.9. The van der Waals surface area contributed by atoms with Crippen molar-refractivity contribution in [2.75, 3.05) is 31.7 Å². The first-order chi connectivity index (χ1) is 12.2. The van der Waals surface area contributed by atoms with Crippen molar-refractivity contribution in [3.8, 4) is 5.75 Å². The summed E-state index contributed by atoms with van der Waals surface area (Å²) in [6.07, 6.45) is 3.50. The molecule has 0 aliphatic carbocycles. The molecule has 2 amide bonds. The zero-order valence-electron chi connectivity index (χ0n) is 15.7. The van der Waals surface area contributed by atoms with Gasteiger partial charge in [0.05, 0.1) is 6.61 Å². The molecule has 0 aliphatic heterocycles. The van der Waals surface area contributed by atoms with E-state index in [4.69, 9.17) is 14.2 Å². The van der Waals surface area contributed by atoms with E-state index in [1.807, 2.05) is 38.1 Å². The number of anilines is 1. The van der Waals surface area contributed by atoms with Gasteiger partial charge in [-0.2, -0.15) is 0 Å². The first-order valence-corrected chi connectivity index (χ1v) is 9.20. The lowest BCUT2D eigenvalue weighted by Gasteiger charge is -2.16. The number of unbranched alkanes of at least 4 members (excludes halogenated alkanes) is 1. The second kappa shape index (κ2) is 13.5. The van der Waals surface area contributed by atoms with Crippen LogP contribution in [0.1, 0.15) is 46.5 Å². The Morgan fingerprint density at radius 2 is 1.72 bits per heavy atom. The van der Waals surface area contributed by atoms with Gasteiger partial charge in [-0.15, -0.1) is 0 Å². The molecular weight excluding hydrogens is 320 g/mol. The Balaban J connectivity index is 2.23. The van der Waals surface area contributed by atoms with Crippen molar-refractivity contribution in [2.24, 2.45) is 0 Å². The first-order valence-electron chi connectivity index (χ1n) is 9.20. The molecule has 1 aromatic carbocycles. The molecule has 25 heavy (non-hydrogen) atoms. The van der Waals surface area contributed by atoms with E-state index in [1.54, 1.807) is 0 Å². The van der Waals surface area contributed by atoms with Crippen LogP contribution in [0.15, 0.2) is 24.3 Å². The van der Waals surface area contributed by atoms with Crippen LogP contribution in [0.3, 0.4) is 0 Å². The lowest BCUT2D eigenvalue weighted by atomic mass is 10.3. The Hall–Kier alpha value is -1.79. The first kappa shape index (κ1) is 21.3. The van der Waals surface area contributed by atoms with Crippen LogP contribution in [0.4, 0.5) is 10.5 Å². The maximum absolute atomic E-state index is 11.9. The standard InChI is InChI=1S/C19H32N2O4/c1-4-7-15-25-17-12-10-16(11-13-17)21-19(22)20-14-8-9-18(23-5-2)24-6-3/h10-13,18H,4-9,14-15H2,1-3H3,(H2,20,21,22). The summed E-state index contributed by atoms with van der Waals surface area (Å²) in [6.45, 7) is 8.54. The molecule has 0 heterocycles. The number of nitrogens with one attached hydrogen (secondary N) is 2. The van der Waals surface area contributed by atoms with Gasteiger partial charge in [0.25, 0.3) is 0 Å². The van der Waals surface area contributed by atoms with E-state index in [9.17, 15) is 4.79 Å². The number of hydrogen-bond donors (Lipinski definition) is 2. The summed E-state index contributed by atoms with van der Waals surface area (Å²) in [5.41, 5.74) is 0.738. The van der Waals surface area contributed by atoms with Gasteiger partial charge < -0.3 is 24.8 Å². The normalized spacial score (nSPS) is 10.7. The minimum absolute atomic E-state index is 0.194. The predicted molar refractivity (Wildman–Crippen MR) is 100 cm³/mol. The van der Waals surface area contributed by atoms with E-state index in [1.165, 1.54) is 0 Å². The zero-order valence-corrected chi connectivity index (χ0v) is 15.7. The number of urea groups is 1. The molecule has 142 valence electrons. The number of rotatable bonds is 13. The summed E-state index contributed by atoms with van der Waals surface area (Å²) in [5, 5.41) is 5.64. The van der Waals surface area contributed by atoms with Crippen LogP contribution in [0.2, 0.25) is 0 Å². The van der Waals surface area contributed by atoms with E-state index in [0.717, 1.165) is 37.1 Å². The lowest BCUT2D eigenvalue weighted by Crippen LogP contribution is -2.30. The van der Waals surface area contributed by atoms with Crippen molar-refractivity contribution in [1.82, 2.24) is 5.32 Å². The molecule has 0 saturated carbocycles. The molecule has 0 aliphatic rings. The van der Waals surface area contributed by atoms with E-state index in [2.05, 4.69) is 17.6 Å². The molecule has 6 nitrogen and oxygen atoms in total. The Bertz CT molecular complexity index is 459. The fraction of sp³-hybridized carbons (Fsp3) is 0.632. The molecule has 0 spiro atoms. The number of carbonyl (C=O) groups is 1. The van der Waals surface area contributed by atoms with Crippen molar-refractivity contribution < 1.29 is 19.0 Å². The number of carbonyl (C=O) groups excluding carboxylic acids is 1. The maximum Gasteiger partial charge on any atom is 0.319 e. The lowest BCUT2D eigenvalue weighted by molar-refractivity contribution is -0.139. The van der Waals surface area contributed by atoms with Gasteiger partial charge in [-0.05, 0) is 51.0 Å². The van der Waals surface area contributed by atoms with Crippen LogP contribution in [-0.2, 0) is 9.47 Å². The van der Waals surface area contributed by atoms with Crippen molar-refractivity contribution >= 4 is 11.7 Å². The van der Waals surface area contributed by atoms with Gasteiger partial charge in [0, 0.05) is 31.9 Å². The molecular formula is C19H32N2O4. The van der Waals surface area contributed by atoms with Gasteiger partial charge >= 0.3 is 6.03 Å². The maximum atomic E-state index is 11.9. The number of ether oxygens (including phenoxy) is 3. The van der Waals surface area contributed by atoms with Gasteiger partial charge in [-0.25, -0.2) is 4.79 Å². The Morgan fingerprint density at radius 1 is 1.04 bits per heavy atom. The van der Waals surface area contributed by atoms with Crippen LogP contribution in [0.5, 0.6) is 5.75 Å². The SMILES string of the molecule is CCCCOc1ccc(NC(=O)NCCCC(OCC)OCC)cc1. The molecule has 0 unspecified atom stereocenters. The molecule has 0 radical (unpaired) electrons. The van der Waals surface area contributed by atoms with Gasteiger partial charge in [0.2, 0.25) is 0 Å². The summed E-state index contributed by atoms with van der Waals surface area (Å²) < 4.78 is 16.5. The molecule has 0 saturated heterocycles. The van der Waals surface area contributed by atoms with Crippen molar-refractivity contribution in [2.45, 2.75) is 52.7 Å². The van der Waals surface area contributed by atoms with Crippen LogP contribution < -0.4 is 15.4 Å². The van der Waals surface area contributed by atoms with Crippen LogP contribution in [-0.4, -0.2) is 38.7 Å². The Labute approximate surface area is 151 Å². The van der Waals surface area contributed by atoms with Gasteiger partial charge in [0.15, 0.2) is 6.29 Å². The van der Waals surface area contributed by atoms with Crippen LogP contribution in [0, 0.1) is 0 Å². The predicted octanol–water partition coefficient (Wildman–Crippen LogP) is 4.17. The van der Waals surface area contributed by atoms with Gasteiger partial charge in [-0.3, -0.25) is 0 Å². The van der Waals surface area contributed by atoms with Gasteiger partial charge in [-0.1, -0.05) is 13.3 Å². The smallest absolute Gasteiger partial charge is 0.319 e. The molecule has 0 bridgehead atoms. The third-order valence-corrected chi connectivity index (χ3v) is 3.49. The largest absolute Gasteiger partial charge is 0.494 e. The molecule has 1 rings (SSSR count). The van der Waals surface area contributed by atoms with E-state index >= 15 is 0 Å². The minimum atomic E-state index is -0.218. The highest BCUT2D eigenvalue weighted by Crippen LogP contribution is 2.16. The van der Waals surface area contributed by atoms with E-state index in [-0.39, 0.29) is 12.3 Å². The third kappa shape index (κ3) is 9.94. The molecule has 1 aromatic rings. The minimum Gasteiger partial charge on any atom is -0.494 e. The van der Waals surface area contributed by atoms with Gasteiger partial charge in [0.1, 0.15) is 5.75 Å². The Kier molecular flexibility index (Phi) is 11.5. The molecule has 0 atom stereocenters. The Morgan fingerprint density at radius 3 is 2.32 bits per heavy atom. The van der Waals surface area contributed by atoms with Crippen molar-refractivity contribution in [1.29, 1.82) is 0 Å². The molecule has 6 heteroatoms. The highest BCUT2D eigenvalue weighted by atomic mass is 16.7. The highest BCUT2D eigenvalue weighted by Gasteiger charge is 2.08. The van der Waals surface area contributed by atoms with E-state index in [0.29, 0.717) is 26.4 Å². The average molecular weight is 352 g/mol. The van der Waals surface area contributed by atoms with Crippen LogP contribution in [0.25, 0.3) is 0 Å². The number of hydrogen-bond acceptors (Lipinski definition) is 4. The van der Waals surface area contributed by atoms with Crippen molar-refractivity contribution in [3.63, 3.8) is 0 Å². The molecule has 2 N–H and O–H groups in total. The number of amides is 2. The van der Waals surface area contributed by atoms with E-state index < -0.39 is 0 Å². The highest BCUT2D eigenvalue weighted by molar-refractivity contribution is 5.89. The summed E-state index contributed by atoms with van der Waals surface area (Å²) >= 11 is 0. The fourth-order valence-electron chi connectivity index (χ4n) is 2.20. The molecule has 0 fully saturated rings. The monoisotopic (exact) mass is 352 g/mol. The third-order valence-electron chi connectivity index (χ3n) is 3.49. The number of benzene rings is 1. The molecule has 0 aromatic heterocycles. The fourth-order valence-corrected chi connectivity index (χ4v) is 2.20. The second-order valence-corrected chi connectivity index (χ2v) is 5.59. The topological polar surface area (TPSA) is 68.8 Å². The van der Waals surface area contributed by atoms with Crippen LogP contribution >= 0.6 is 0 Å². The second-order valence-electron chi connectivity index (χ2n) is 5.59. The van der Waals surface area contributed by atoms with Crippen molar-refractivity contribution in [3.05, 3.63) is 24.3 Å². The summed E-state index contributed by atoms with van der Waals surface area (Å²) in [5.74, 6) is 0.817. The quantitative estimate of drug-likeness (QED) is 0.413. The zero-order chi connectivity index (χ0) is 18.3. The summed E-state index contributed by atoms with van der Waals surface area (Å²) in [7, 11) is 0. The summed E-state index contributed by atoms with van der Waals surface area (Å²) in [6, 6.07) is 7.17. The average Bonchev–Trinajstić information content (AvgIpc) is 2.61.